The van der Waals surface area contributed by atoms with Crippen LogP contribution in [0.3, 0.4) is 0 Å². The summed E-state index contributed by atoms with van der Waals surface area (Å²) in [7, 11) is 0. The Morgan fingerprint density at radius 3 is 2.83 bits per heavy atom. The number of ketones is 1. The number of nitrogens with zero attached hydrogens (tertiary/aromatic N) is 2. The number of benzene rings is 2. The lowest BCUT2D eigenvalue weighted by atomic mass is 9.98. The van der Waals surface area contributed by atoms with Crippen molar-refractivity contribution in [2.75, 3.05) is 13.3 Å². The summed E-state index contributed by atoms with van der Waals surface area (Å²) in [6.07, 6.45) is 1.55. The Morgan fingerprint density at radius 2 is 2.10 bits per heavy atom. The second-order valence-corrected chi connectivity index (χ2v) is 7.84. The molecular formula is C22H22N2O5. The smallest absolute Gasteiger partial charge is 0.270 e. The molecule has 0 saturated heterocycles. The van der Waals surface area contributed by atoms with Gasteiger partial charge in [0.25, 0.3) is 5.69 Å². The molecule has 0 saturated carbocycles. The fourth-order valence-electron chi connectivity index (χ4n) is 3.79. The van der Waals surface area contributed by atoms with E-state index in [0.717, 1.165) is 23.4 Å². The maximum atomic E-state index is 13.0. The van der Waals surface area contributed by atoms with Crippen LogP contribution >= 0.6 is 0 Å². The number of nitro benzene ring substituents is 1. The van der Waals surface area contributed by atoms with Gasteiger partial charge in [-0.1, -0.05) is 26.0 Å². The molecule has 2 aromatic carbocycles. The number of Topliss-reactive ketones (excluding diaryl/α,β-unsaturated/α-hetero) is 1. The first-order chi connectivity index (χ1) is 13.8. The Kier molecular flexibility index (Phi) is 4.84. The van der Waals surface area contributed by atoms with E-state index in [4.69, 9.17) is 9.47 Å². The Balaban J connectivity index is 1.71. The minimum absolute atomic E-state index is 0.0337. The van der Waals surface area contributed by atoms with Gasteiger partial charge in [-0.05, 0) is 36.1 Å². The van der Waals surface area contributed by atoms with Gasteiger partial charge in [0, 0.05) is 25.2 Å². The highest BCUT2D eigenvalue weighted by atomic mass is 16.6. The molecule has 0 radical (unpaired) electrons. The van der Waals surface area contributed by atoms with E-state index in [1.807, 2.05) is 13.0 Å². The monoisotopic (exact) mass is 394 g/mol. The normalized spacial score (nSPS) is 17.1. The third-order valence-electron chi connectivity index (χ3n) is 4.99. The maximum Gasteiger partial charge on any atom is 0.270 e. The second-order valence-electron chi connectivity index (χ2n) is 7.84. The highest BCUT2D eigenvalue weighted by Crippen LogP contribution is 2.44. The van der Waals surface area contributed by atoms with E-state index in [-0.39, 0.29) is 17.2 Å². The van der Waals surface area contributed by atoms with E-state index in [1.165, 1.54) is 12.1 Å². The molecule has 2 aliphatic heterocycles. The number of aryl methyl sites for hydroxylation is 1. The summed E-state index contributed by atoms with van der Waals surface area (Å²) < 4.78 is 11.9. The molecule has 0 N–H and O–H groups in total. The third-order valence-corrected chi connectivity index (χ3v) is 4.99. The summed E-state index contributed by atoms with van der Waals surface area (Å²) in [6, 6.07) is 8.01. The molecule has 2 aromatic rings. The van der Waals surface area contributed by atoms with Gasteiger partial charge in [-0.2, -0.15) is 0 Å². The first-order valence-electron chi connectivity index (χ1n) is 9.54. The number of carbonyl (C=O) groups is 1. The standard InChI is InChI=1S/C22H22N2O5/c1-13(2)10-23-11-17-18(28-12-23)7-14(3)20-21(25)19(29-22(17)20)9-15-5-4-6-16(8-15)24(26)27/h4-9,13H,10-12H2,1-3H3/b19-9-. The zero-order valence-electron chi connectivity index (χ0n) is 16.6. The molecular weight excluding hydrogens is 372 g/mol. The van der Waals surface area contributed by atoms with Crippen LogP contribution in [0.5, 0.6) is 11.5 Å². The van der Waals surface area contributed by atoms with Crippen LogP contribution in [-0.4, -0.2) is 28.9 Å². The molecule has 2 aliphatic rings. The van der Waals surface area contributed by atoms with Crippen LogP contribution in [0.15, 0.2) is 36.1 Å². The lowest BCUT2D eigenvalue weighted by Gasteiger charge is -2.31. The number of hydrogen-bond acceptors (Lipinski definition) is 6. The van der Waals surface area contributed by atoms with Crippen molar-refractivity contribution in [2.45, 2.75) is 27.3 Å². The molecule has 0 fully saturated rings. The van der Waals surface area contributed by atoms with Crippen molar-refractivity contribution in [1.82, 2.24) is 4.90 Å². The molecule has 4 rings (SSSR count). The number of fused-ring (bicyclic) bond motifs is 3. The molecule has 0 bridgehead atoms. The first-order valence-corrected chi connectivity index (χ1v) is 9.54. The Hall–Kier alpha value is -3.19. The molecule has 7 heteroatoms. The predicted octanol–water partition coefficient (Wildman–Crippen LogP) is 4.33. The van der Waals surface area contributed by atoms with Crippen LogP contribution in [-0.2, 0) is 6.54 Å². The number of rotatable bonds is 4. The van der Waals surface area contributed by atoms with Gasteiger partial charge in [-0.3, -0.25) is 19.8 Å². The van der Waals surface area contributed by atoms with Crippen LogP contribution < -0.4 is 9.47 Å². The largest absolute Gasteiger partial charge is 0.478 e. The van der Waals surface area contributed by atoms with Crippen molar-refractivity contribution in [3.63, 3.8) is 0 Å². The molecule has 0 spiro atoms. The second kappa shape index (κ2) is 7.33. The quantitative estimate of drug-likeness (QED) is 0.436. The Morgan fingerprint density at radius 1 is 1.31 bits per heavy atom. The average molecular weight is 394 g/mol. The third kappa shape index (κ3) is 3.61. The fourth-order valence-corrected chi connectivity index (χ4v) is 3.79. The average Bonchev–Trinajstić information content (AvgIpc) is 2.99. The minimum Gasteiger partial charge on any atom is -0.478 e. The fraction of sp³-hybridized carbons (Fsp3) is 0.318. The highest BCUT2D eigenvalue weighted by Gasteiger charge is 2.35. The molecule has 0 aromatic heterocycles. The highest BCUT2D eigenvalue weighted by molar-refractivity contribution is 6.15. The van der Waals surface area contributed by atoms with Gasteiger partial charge in [0.15, 0.2) is 5.76 Å². The SMILES string of the molecule is Cc1cc2c(c3c1C(=O)/C(=C/c1cccc([N+](=O)[O-])c1)O3)CN(CC(C)C)CO2. The van der Waals surface area contributed by atoms with Crippen molar-refractivity contribution in [1.29, 1.82) is 0 Å². The topological polar surface area (TPSA) is 81.9 Å². The van der Waals surface area contributed by atoms with Gasteiger partial charge in [-0.25, -0.2) is 0 Å². The van der Waals surface area contributed by atoms with Crippen molar-refractivity contribution in [2.24, 2.45) is 5.92 Å². The van der Waals surface area contributed by atoms with Crippen molar-refractivity contribution < 1.29 is 19.2 Å². The Bertz CT molecular complexity index is 1040. The summed E-state index contributed by atoms with van der Waals surface area (Å²) in [5.41, 5.74) is 2.71. The van der Waals surface area contributed by atoms with Gasteiger partial charge in [0.05, 0.1) is 16.1 Å². The van der Waals surface area contributed by atoms with E-state index in [2.05, 4.69) is 18.7 Å². The molecule has 0 unspecified atom stereocenters. The van der Waals surface area contributed by atoms with Gasteiger partial charge in [0.2, 0.25) is 5.78 Å². The minimum atomic E-state index is -0.463. The number of nitro groups is 1. The summed E-state index contributed by atoms with van der Waals surface area (Å²) in [4.78, 5) is 25.7. The van der Waals surface area contributed by atoms with Crippen LogP contribution in [0.1, 0.15) is 40.9 Å². The van der Waals surface area contributed by atoms with Crippen molar-refractivity contribution >= 4 is 17.5 Å². The van der Waals surface area contributed by atoms with E-state index in [9.17, 15) is 14.9 Å². The van der Waals surface area contributed by atoms with Gasteiger partial charge < -0.3 is 9.47 Å². The molecule has 0 aliphatic carbocycles. The number of ether oxygens (including phenoxy) is 2. The van der Waals surface area contributed by atoms with E-state index >= 15 is 0 Å². The molecule has 0 amide bonds. The summed E-state index contributed by atoms with van der Waals surface area (Å²) in [5, 5.41) is 11.0. The zero-order chi connectivity index (χ0) is 20.7. The summed E-state index contributed by atoms with van der Waals surface area (Å²) >= 11 is 0. The van der Waals surface area contributed by atoms with E-state index in [0.29, 0.717) is 36.1 Å². The lowest BCUT2D eigenvalue weighted by molar-refractivity contribution is -0.384. The van der Waals surface area contributed by atoms with Crippen LogP contribution in [0.25, 0.3) is 6.08 Å². The van der Waals surface area contributed by atoms with Crippen LogP contribution in [0, 0.1) is 23.0 Å². The van der Waals surface area contributed by atoms with E-state index < -0.39 is 4.92 Å². The molecule has 2 heterocycles. The van der Waals surface area contributed by atoms with Gasteiger partial charge in [0.1, 0.15) is 18.2 Å². The summed E-state index contributed by atoms with van der Waals surface area (Å²) in [6.45, 7) is 8.19. The Labute approximate surface area is 168 Å². The zero-order valence-corrected chi connectivity index (χ0v) is 16.6. The van der Waals surface area contributed by atoms with Crippen molar-refractivity contribution in [3.05, 3.63) is 68.5 Å². The maximum absolute atomic E-state index is 13.0. The number of hydrogen-bond donors (Lipinski definition) is 0. The summed E-state index contributed by atoms with van der Waals surface area (Å²) in [5.74, 6) is 1.72. The molecule has 7 nitrogen and oxygen atoms in total. The van der Waals surface area contributed by atoms with E-state index in [1.54, 1.807) is 18.2 Å². The number of allylic oxidation sites excluding steroid dienone is 1. The van der Waals surface area contributed by atoms with Crippen LogP contribution in [0.2, 0.25) is 0 Å². The van der Waals surface area contributed by atoms with Crippen LogP contribution in [0.4, 0.5) is 5.69 Å². The molecule has 0 atom stereocenters. The molecule has 29 heavy (non-hydrogen) atoms. The van der Waals surface area contributed by atoms with Gasteiger partial charge in [-0.15, -0.1) is 0 Å². The predicted molar refractivity (Wildman–Crippen MR) is 108 cm³/mol. The number of non-ortho nitro benzene ring substituents is 1. The van der Waals surface area contributed by atoms with Gasteiger partial charge >= 0.3 is 0 Å². The number of carbonyl (C=O) groups excluding carboxylic acids is 1. The molecule has 150 valence electrons. The lowest BCUT2D eigenvalue weighted by Crippen LogP contribution is -2.35. The first kappa shape index (κ1) is 19.1. The van der Waals surface area contributed by atoms with Crippen molar-refractivity contribution in [3.8, 4) is 11.5 Å².